The summed E-state index contributed by atoms with van der Waals surface area (Å²) in [6.07, 6.45) is 2.06. The highest BCUT2D eigenvalue weighted by atomic mass is 16.5. The SMILES string of the molecule is C=CNc1c(C(C)=NCCc2ccccc2)c(O)cc(=O)n1O. The Hall–Kier alpha value is -3.02. The van der Waals surface area contributed by atoms with E-state index in [1.165, 1.54) is 6.20 Å². The van der Waals surface area contributed by atoms with Crippen LogP contribution in [0.3, 0.4) is 0 Å². The summed E-state index contributed by atoms with van der Waals surface area (Å²) in [4.78, 5) is 16.0. The van der Waals surface area contributed by atoms with Crippen molar-refractivity contribution in [3.8, 4) is 5.75 Å². The van der Waals surface area contributed by atoms with Crippen LogP contribution in [0.4, 0.5) is 5.82 Å². The van der Waals surface area contributed by atoms with Gasteiger partial charge in [0.25, 0.3) is 5.56 Å². The lowest BCUT2D eigenvalue weighted by atomic mass is 10.1. The van der Waals surface area contributed by atoms with Crippen LogP contribution in [0.2, 0.25) is 0 Å². The zero-order valence-electron chi connectivity index (χ0n) is 12.9. The van der Waals surface area contributed by atoms with E-state index in [1.54, 1.807) is 6.92 Å². The van der Waals surface area contributed by atoms with Gasteiger partial charge in [0.2, 0.25) is 0 Å². The first-order chi connectivity index (χ1) is 11.0. The van der Waals surface area contributed by atoms with Crippen LogP contribution in [0.25, 0.3) is 0 Å². The van der Waals surface area contributed by atoms with Crippen molar-refractivity contribution in [2.75, 3.05) is 11.9 Å². The van der Waals surface area contributed by atoms with E-state index in [9.17, 15) is 15.1 Å². The normalized spacial score (nSPS) is 11.3. The zero-order chi connectivity index (χ0) is 16.8. The molecule has 0 aliphatic rings. The molecule has 3 N–H and O–H groups in total. The minimum atomic E-state index is -0.743. The molecule has 0 spiro atoms. The van der Waals surface area contributed by atoms with Crippen molar-refractivity contribution < 1.29 is 10.3 Å². The number of aromatic nitrogens is 1. The van der Waals surface area contributed by atoms with Crippen molar-refractivity contribution in [1.29, 1.82) is 0 Å². The van der Waals surface area contributed by atoms with E-state index in [0.29, 0.717) is 17.0 Å². The molecule has 0 saturated heterocycles. The van der Waals surface area contributed by atoms with Gasteiger partial charge in [-0.3, -0.25) is 9.79 Å². The Bertz CT molecular complexity index is 780. The molecule has 0 aliphatic carbocycles. The second-order valence-electron chi connectivity index (χ2n) is 4.95. The third-order valence-electron chi connectivity index (χ3n) is 3.37. The lowest BCUT2D eigenvalue weighted by molar-refractivity contribution is 0.180. The highest BCUT2D eigenvalue weighted by Gasteiger charge is 2.16. The number of aliphatic imine (C=N–C) groups is 1. The number of hydrogen-bond acceptors (Lipinski definition) is 5. The van der Waals surface area contributed by atoms with Gasteiger partial charge in [-0.25, -0.2) is 0 Å². The van der Waals surface area contributed by atoms with Gasteiger partial charge in [-0.2, -0.15) is 0 Å². The molecule has 23 heavy (non-hydrogen) atoms. The van der Waals surface area contributed by atoms with Crippen molar-refractivity contribution >= 4 is 11.5 Å². The van der Waals surface area contributed by atoms with Gasteiger partial charge >= 0.3 is 0 Å². The van der Waals surface area contributed by atoms with Crippen LogP contribution in [0.1, 0.15) is 18.1 Å². The fourth-order valence-corrected chi connectivity index (χ4v) is 2.25. The van der Waals surface area contributed by atoms with Gasteiger partial charge in [-0.05, 0) is 25.1 Å². The lowest BCUT2D eigenvalue weighted by Crippen LogP contribution is -2.22. The first-order valence-corrected chi connectivity index (χ1v) is 7.15. The number of pyridine rings is 1. The molecule has 0 radical (unpaired) electrons. The predicted octanol–water partition coefficient (Wildman–Crippen LogP) is 2.40. The average Bonchev–Trinajstić information content (AvgIpc) is 2.53. The molecule has 120 valence electrons. The number of anilines is 1. The minimum absolute atomic E-state index is 0.0333. The summed E-state index contributed by atoms with van der Waals surface area (Å²) in [7, 11) is 0. The van der Waals surface area contributed by atoms with E-state index in [4.69, 9.17) is 0 Å². The van der Waals surface area contributed by atoms with Gasteiger partial charge in [0, 0.05) is 18.3 Å². The van der Waals surface area contributed by atoms with E-state index in [-0.39, 0.29) is 17.1 Å². The third-order valence-corrected chi connectivity index (χ3v) is 3.37. The van der Waals surface area contributed by atoms with Crippen molar-refractivity contribution in [1.82, 2.24) is 4.73 Å². The number of rotatable bonds is 6. The van der Waals surface area contributed by atoms with Crippen LogP contribution in [-0.4, -0.2) is 27.3 Å². The number of benzene rings is 1. The van der Waals surface area contributed by atoms with Gasteiger partial charge in [0.1, 0.15) is 5.75 Å². The molecule has 1 aromatic heterocycles. The highest BCUT2D eigenvalue weighted by molar-refractivity contribution is 6.05. The van der Waals surface area contributed by atoms with Crippen molar-refractivity contribution in [3.63, 3.8) is 0 Å². The van der Waals surface area contributed by atoms with E-state index >= 15 is 0 Å². The molecule has 0 unspecified atom stereocenters. The lowest BCUT2D eigenvalue weighted by Gasteiger charge is -2.13. The maximum Gasteiger partial charge on any atom is 0.288 e. The number of aromatic hydroxyl groups is 1. The summed E-state index contributed by atoms with van der Waals surface area (Å²) in [5.74, 6) is -0.212. The van der Waals surface area contributed by atoms with Crippen molar-refractivity contribution in [2.24, 2.45) is 4.99 Å². The number of nitrogens with one attached hydrogen (secondary N) is 1. The van der Waals surface area contributed by atoms with E-state index < -0.39 is 5.56 Å². The molecule has 0 amide bonds. The second-order valence-corrected chi connectivity index (χ2v) is 4.95. The van der Waals surface area contributed by atoms with Crippen LogP contribution in [0.5, 0.6) is 5.75 Å². The first-order valence-electron chi connectivity index (χ1n) is 7.15. The molecular formula is C17H19N3O3. The van der Waals surface area contributed by atoms with Crippen LogP contribution >= 0.6 is 0 Å². The molecular weight excluding hydrogens is 294 g/mol. The van der Waals surface area contributed by atoms with Gasteiger partial charge < -0.3 is 15.6 Å². The van der Waals surface area contributed by atoms with Crippen LogP contribution in [0.15, 0.2) is 59.0 Å². The largest absolute Gasteiger partial charge is 0.507 e. The monoisotopic (exact) mass is 313 g/mol. The predicted molar refractivity (Wildman–Crippen MR) is 90.6 cm³/mol. The molecule has 0 bridgehead atoms. The maximum absolute atomic E-state index is 11.5. The molecule has 2 aromatic rings. The van der Waals surface area contributed by atoms with Crippen LogP contribution in [0, 0.1) is 0 Å². The average molecular weight is 313 g/mol. The van der Waals surface area contributed by atoms with Gasteiger partial charge in [-0.1, -0.05) is 36.9 Å². The third kappa shape index (κ3) is 3.79. The van der Waals surface area contributed by atoms with Crippen LogP contribution in [-0.2, 0) is 6.42 Å². The number of hydrogen-bond donors (Lipinski definition) is 3. The Morgan fingerprint density at radius 2 is 2.09 bits per heavy atom. The summed E-state index contributed by atoms with van der Waals surface area (Å²) in [5.41, 5.74) is 1.18. The second kappa shape index (κ2) is 7.31. The topological polar surface area (TPSA) is 86.9 Å². The first kappa shape index (κ1) is 16.4. The van der Waals surface area contributed by atoms with Gasteiger partial charge in [0.15, 0.2) is 5.82 Å². The fourth-order valence-electron chi connectivity index (χ4n) is 2.25. The standard InChI is InChI=1S/C17H19N3O3/c1-3-18-17-16(14(21)11-15(22)20(17)23)12(2)19-10-9-13-7-5-4-6-8-13/h3-8,11,18,21,23H,1,9-10H2,2H3. The Morgan fingerprint density at radius 3 is 2.74 bits per heavy atom. The Labute approximate surface area is 134 Å². The van der Waals surface area contributed by atoms with E-state index in [2.05, 4.69) is 16.9 Å². The smallest absolute Gasteiger partial charge is 0.288 e. The molecule has 0 atom stereocenters. The molecule has 6 nitrogen and oxygen atoms in total. The summed E-state index contributed by atoms with van der Waals surface area (Å²) in [6.45, 7) is 5.73. The molecule has 1 aromatic carbocycles. The van der Waals surface area contributed by atoms with E-state index in [1.807, 2.05) is 30.3 Å². The van der Waals surface area contributed by atoms with Gasteiger partial charge in [0.05, 0.1) is 5.56 Å². The maximum atomic E-state index is 11.5. The van der Waals surface area contributed by atoms with Crippen molar-refractivity contribution in [3.05, 3.63) is 70.7 Å². The molecule has 0 saturated carbocycles. The molecule has 6 heteroatoms. The molecule has 0 aliphatic heterocycles. The summed E-state index contributed by atoms with van der Waals surface area (Å²) < 4.78 is 0.424. The quantitative estimate of drug-likeness (QED) is 0.564. The highest BCUT2D eigenvalue weighted by Crippen LogP contribution is 2.24. The summed E-state index contributed by atoms with van der Waals surface area (Å²) in [5, 5.41) is 22.5. The van der Waals surface area contributed by atoms with E-state index in [0.717, 1.165) is 18.1 Å². The molecule has 1 heterocycles. The minimum Gasteiger partial charge on any atom is -0.507 e. The van der Waals surface area contributed by atoms with Crippen molar-refractivity contribution in [2.45, 2.75) is 13.3 Å². The Kier molecular flexibility index (Phi) is 5.19. The summed E-state index contributed by atoms with van der Waals surface area (Å²) >= 11 is 0. The fraction of sp³-hybridized carbons (Fsp3) is 0.176. The number of nitrogens with zero attached hydrogens (tertiary/aromatic N) is 2. The summed E-state index contributed by atoms with van der Waals surface area (Å²) in [6, 6.07) is 10.9. The Balaban J connectivity index is 2.29. The Morgan fingerprint density at radius 1 is 1.39 bits per heavy atom. The van der Waals surface area contributed by atoms with Gasteiger partial charge in [-0.15, -0.1) is 4.73 Å². The van der Waals surface area contributed by atoms with Crippen LogP contribution < -0.4 is 10.9 Å². The zero-order valence-corrected chi connectivity index (χ0v) is 12.9. The molecule has 2 rings (SSSR count). The molecule has 0 fully saturated rings.